The van der Waals surface area contributed by atoms with Crippen molar-refractivity contribution in [2.75, 3.05) is 58.5 Å². The number of rotatable bonds is 5. The molecule has 0 saturated carbocycles. The number of likely N-dealkylation sites (N-methyl/N-ethyl adjacent to an activating group) is 1. The normalized spacial score (nSPS) is 23.6. The molecule has 1 N–H and O–H groups in total. The molecule has 0 aromatic heterocycles. The molecule has 2 fully saturated rings. The summed E-state index contributed by atoms with van der Waals surface area (Å²) in [6.45, 7) is 5.02. The van der Waals surface area contributed by atoms with E-state index in [-0.39, 0.29) is 17.9 Å². The smallest absolute Gasteiger partial charge is 0.296 e. The fraction of sp³-hybridized carbons (Fsp3) is 0.370. The maximum Gasteiger partial charge on any atom is 0.296 e. The van der Waals surface area contributed by atoms with Crippen LogP contribution in [0.25, 0.3) is 5.76 Å². The quantitative estimate of drug-likeness (QED) is 0.387. The number of morpholine rings is 1. The number of amides is 2. The van der Waals surface area contributed by atoms with Crippen molar-refractivity contribution in [1.82, 2.24) is 9.80 Å². The first kappa shape index (κ1) is 24.0. The first-order valence-corrected chi connectivity index (χ1v) is 11.9. The zero-order chi connectivity index (χ0) is 25.6. The minimum atomic E-state index is -1.75. The number of fused-ring (bicyclic) bond motifs is 2. The molecule has 2 amide bonds. The lowest BCUT2D eigenvalue weighted by Crippen LogP contribution is -2.53. The van der Waals surface area contributed by atoms with Gasteiger partial charge in [-0.25, -0.2) is 0 Å². The van der Waals surface area contributed by atoms with E-state index in [0.717, 1.165) is 5.56 Å². The standard InChI is InChI=1S/C27H29N3O6/c1-17-16-18(8-9-21(17)35-3)23(31)22-24(32)25(33)30(11-10-29-12-14-36-15-13-29)27(22)19-6-4-5-7-20(19)28(2)26(27)34/h4-9,16,31H,10-15H2,1-3H3/t27-/m1/s1. The minimum Gasteiger partial charge on any atom is -0.507 e. The number of aryl methyl sites for hydroxylation is 1. The number of anilines is 1. The van der Waals surface area contributed by atoms with Crippen LogP contribution in [-0.2, 0) is 24.7 Å². The predicted octanol–water partition coefficient (Wildman–Crippen LogP) is 1.89. The van der Waals surface area contributed by atoms with Crippen molar-refractivity contribution in [3.8, 4) is 5.75 Å². The van der Waals surface area contributed by atoms with E-state index in [4.69, 9.17) is 9.47 Å². The monoisotopic (exact) mass is 491 g/mol. The number of aliphatic hydroxyl groups excluding tert-OH is 1. The zero-order valence-corrected chi connectivity index (χ0v) is 20.6. The Bertz CT molecular complexity index is 1280. The van der Waals surface area contributed by atoms with E-state index in [1.54, 1.807) is 56.6 Å². The number of benzene rings is 2. The number of nitrogens with zero attached hydrogens (tertiary/aromatic N) is 3. The highest BCUT2D eigenvalue weighted by molar-refractivity contribution is 6.50. The number of Topliss-reactive ketones (excluding diaryl/α,β-unsaturated/α-hetero) is 1. The molecule has 3 aliphatic heterocycles. The fourth-order valence-electron chi connectivity index (χ4n) is 5.51. The van der Waals surface area contributed by atoms with Gasteiger partial charge in [-0.05, 0) is 36.8 Å². The summed E-state index contributed by atoms with van der Waals surface area (Å²) in [6.07, 6.45) is 0. The van der Waals surface area contributed by atoms with Gasteiger partial charge in [0.15, 0.2) is 5.54 Å². The van der Waals surface area contributed by atoms with Gasteiger partial charge < -0.3 is 24.4 Å². The number of carbonyl (C=O) groups is 3. The van der Waals surface area contributed by atoms with E-state index in [2.05, 4.69) is 4.90 Å². The van der Waals surface area contributed by atoms with Gasteiger partial charge in [0, 0.05) is 50.0 Å². The Labute approximate surface area is 209 Å². The summed E-state index contributed by atoms with van der Waals surface area (Å²) in [5.41, 5.74) is 0.221. The third-order valence-corrected chi connectivity index (χ3v) is 7.35. The van der Waals surface area contributed by atoms with Crippen LogP contribution in [0.3, 0.4) is 0 Å². The van der Waals surface area contributed by atoms with Gasteiger partial charge in [0.1, 0.15) is 11.5 Å². The van der Waals surface area contributed by atoms with Gasteiger partial charge in [0.2, 0.25) is 0 Å². The Hall–Kier alpha value is -3.69. The highest BCUT2D eigenvalue weighted by atomic mass is 16.5. The first-order valence-electron chi connectivity index (χ1n) is 11.9. The third-order valence-electron chi connectivity index (χ3n) is 7.35. The summed E-state index contributed by atoms with van der Waals surface area (Å²) in [5.74, 6) is -1.88. The van der Waals surface area contributed by atoms with E-state index in [9.17, 15) is 19.5 Å². The van der Waals surface area contributed by atoms with Crippen LogP contribution in [0.2, 0.25) is 0 Å². The molecule has 3 heterocycles. The van der Waals surface area contributed by atoms with Crippen LogP contribution < -0.4 is 9.64 Å². The molecule has 3 aliphatic rings. The molecular weight excluding hydrogens is 462 g/mol. The van der Waals surface area contributed by atoms with Crippen molar-refractivity contribution >= 4 is 29.0 Å². The fourth-order valence-corrected chi connectivity index (χ4v) is 5.51. The number of methoxy groups -OCH3 is 1. The van der Waals surface area contributed by atoms with Gasteiger partial charge in [-0.1, -0.05) is 18.2 Å². The maximum absolute atomic E-state index is 14.0. The Balaban J connectivity index is 1.70. The summed E-state index contributed by atoms with van der Waals surface area (Å²) >= 11 is 0. The topological polar surface area (TPSA) is 99.6 Å². The van der Waals surface area contributed by atoms with Crippen molar-refractivity contribution < 1.29 is 29.0 Å². The molecule has 0 bridgehead atoms. The van der Waals surface area contributed by atoms with Crippen LogP contribution in [0.15, 0.2) is 48.0 Å². The highest BCUT2D eigenvalue weighted by Crippen LogP contribution is 2.53. The van der Waals surface area contributed by atoms with E-state index in [1.807, 2.05) is 6.92 Å². The molecule has 2 saturated heterocycles. The molecule has 0 unspecified atom stereocenters. The first-order chi connectivity index (χ1) is 17.3. The van der Waals surface area contributed by atoms with Crippen LogP contribution in [0.5, 0.6) is 5.75 Å². The van der Waals surface area contributed by atoms with Crippen LogP contribution >= 0.6 is 0 Å². The number of para-hydroxylation sites is 1. The number of ether oxygens (including phenoxy) is 2. The second kappa shape index (κ2) is 9.07. The molecule has 188 valence electrons. The number of hydrogen-bond acceptors (Lipinski definition) is 7. The zero-order valence-electron chi connectivity index (χ0n) is 20.6. The van der Waals surface area contributed by atoms with Gasteiger partial charge in [0.25, 0.3) is 17.6 Å². The van der Waals surface area contributed by atoms with E-state index in [1.165, 1.54) is 9.80 Å². The van der Waals surface area contributed by atoms with Crippen molar-refractivity contribution in [3.05, 3.63) is 64.7 Å². The van der Waals surface area contributed by atoms with Crippen LogP contribution in [-0.4, -0.2) is 86.1 Å². The van der Waals surface area contributed by atoms with Gasteiger partial charge in [-0.3, -0.25) is 19.3 Å². The largest absolute Gasteiger partial charge is 0.507 e. The molecule has 1 atom stereocenters. The number of aliphatic hydroxyl groups is 1. The summed E-state index contributed by atoms with van der Waals surface area (Å²) in [4.78, 5) is 46.1. The molecule has 2 aromatic carbocycles. The summed E-state index contributed by atoms with van der Waals surface area (Å²) in [5, 5.41) is 11.5. The molecular formula is C27H29N3O6. The number of hydrogen-bond donors (Lipinski definition) is 1. The Morgan fingerprint density at radius 2 is 1.81 bits per heavy atom. The van der Waals surface area contributed by atoms with Crippen molar-refractivity contribution in [3.63, 3.8) is 0 Å². The van der Waals surface area contributed by atoms with Crippen molar-refractivity contribution in [2.45, 2.75) is 12.5 Å². The van der Waals surface area contributed by atoms with Crippen LogP contribution in [0.1, 0.15) is 16.7 Å². The van der Waals surface area contributed by atoms with Gasteiger partial charge in [0.05, 0.1) is 25.9 Å². The molecule has 5 rings (SSSR count). The second-order valence-electron chi connectivity index (χ2n) is 9.24. The summed E-state index contributed by atoms with van der Waals surface area (Å²) < 4.78 is 10.7. The lowest BCUT2D eigenvalue weighted by molar-refractivity contribution is -0.144. The predicted molar refractivity (Wildman–Crippen MR) is 133 cm³/mol. The maximum atomic E-state index is 14.0. The van der Waals surface area contributed by atoms with E-state index >= 15 is 0 Å². The Morgan fingerprint density at radius 3 is 2.50 bits per heavy atom. The molecule has 9 nitrogen and oxygen atoms in total. The van der Waals surface area contributed by atoms with Crippen molar-refractivity contribution in [1.29, 1.82) is 0 Å². The Kier molecular flexibility index (Phi) is 6.05. The summed E-state index contributed by atoms with van der Waals surface area (Å²) in [6, 6.07) is 12.1. The molecule has 0 radical (unpaired) electrons. The average Bonchev–Trinajstić information content (AvgIpc) is 3.25. The molecule has 1 spiro atoms. The van der Waals surface area contributed by atoms with Gasteiger partial charge >= 0.3 is 0 Å². The van der Waals surface area contributed by atoms with Crippen LogP contribution in [0.4, 0.5) is 5.69 Å². The third kappa shape index (κ3) is 3.42. The van der Waals surface area contributed by atoms with Gasteiger partial charge in [-0.2, -0.15) is 0 Å². The molecule has 0 aliphatic carbocycles. The molecule has 9 heteroatoms. The molecule has 36 heavy (non-hydrogen) atoms. The Morgan fingerprint density at radius 1 is 1.08 bits per heavy atom. The molecule has 2 aromatic rings. The average molecular weight is 492 g/mol. The van der Waals surface area contributed by atoms with Gasteiger partial charge in [-0.15, -0.1) is 0 Å². The van der Waals surface area contributed by atoms with E-state index in [0.29, 0.717) is 55.4 Å². The highest BCUT2D eigenvalue weighted by Gasteiger charge is 2.66. The lowest BCUT2D eigenvalue weighted by atomic mass is 9.81. The number of likely N-dealkylation sites (tertiary alicyclic amines) is 1. The number of carbonyl (C=O) groups excluding carboxylic acids is 3. The second-order valence-corrected chi connectivity index (χ2v) is 9.24. The lowest BCUT2D eigenvalue weighted by Gasteiger charge is -2.36. The van der Waals surface area contributed by atoms with Crippen LogP contribution in [0, 0.1) is 6.92 Å². The number of ketones is 1. The van der Waals surface area contributed by atoms with Crippen molar-refractivity contribution in [2.24, 2.45) is 0 Å². The SMILES string of the molecule is COc1ccc(C(O)=C2C(=O)C(=O)N(CCN3CCOCC3)[C@@]23C(=O)N(C)c2ccccc23)cc1C. The summed E-state index contributed by atoms with van der Waals surface area (Å²) in [7, 11) is 3.17. The minimum absolute atomic E-state index is 0.150. The van der Waals surface area contributed by atoms with E-state index < -0.39 is 23.1 Å².